The fourth-order valence-corrected chi connectivity index (χ4v) is 6.11. The highest BCUT2D eigenvalue weighted by atomic mass is 32.2. The van der Waals surface area contributed by atoms with Crippen LogP contribution in [0, 0.1) is 6.92 Å². The van der Waals surface area contributed by atoms with Gasteiger partial charge in [0.15, 0.2) is 6.10 Å². The van der Waals surface area contributed by atoms with Crippen LogP contribution in [0.5, 0.6) is 5.75 Å². The van der Waals surface area contributed by atoms with E-state index in [1.807, 2.05) is 50.2 Å². The summed E-state index contributed by atoms with van der Waals surface area (Å²) in [4.78, 5) is 41.9. The molecule has 0 saturated carbocycles. The summed E-state index contributed by atoms with van der Waals surface area (Å²) in [6.45, 7) is 5.63. The largest absolute Gasteiger partial charge is 0.508 e. The number of hydrogen-bond donors (Lipinski definition) is 5. The number of nitrogens with one attached hydrogen (secondary N) is 2. The van der Waals surface area contributed by atoms with Crippen molar-refractivity contribution in [1.29, 1.82) is 0 Å². The van der Waals surface area contributed by atoms with Crippen molar-refractivity contribution in [2.24, 2.45) is 0 Å². The smallest absolute Gasteiger partial charge is 0.254 e. The highest BCUT2D eigenvalue weighted by molar-refractivity contribution is 8.00. The summed E-state index contributed by atoms with van der Waals surface area (Å²) in [6, 6.07) is 19.2. The van der Waals surface area contributed by atoms with E-state index in [0.717, 1.165) is 11.1 Å². The molecule has 0 aromatic heterocycles. The van der Waals surface area contributed by atoms with Crippen LogP contribution in [0.3, 0.4) is 0 Å². The molecule has 3 atom stereocenters. The van der Waals surface area contributed by atoms with Crippen LogP contribution in [-0.4, -0.2) is 61.6 Å². The molecule has 3 amide bonds. The quantitative estimate of drug-likeness (QED) is 0.246. The van der Waals surface area contributed by atoms with E-state index < -0.39 is 34.7 Å². The third-order valence-electron chi connectivity index (χ3n) is 7.29. The minimum absolute atomic E-state index is 0.0303. The topological polar surface area (TPSA) is 145 Å². The molecule has 216 valence electrons. The van der Waals surface area contributed by atoms with Crippen LogP contribution in [0.15, 0.2) is 72.8 Å². The molecule has 3 unspecified atom stereocenters. The summed E-state index contributed by atoms with van der Waals surface area (Å²) in [6.07, 6.45) is -1.45. The van der Waals surface area contributed by atoms with Gasteiger partial charge in [0.25, 0.3) is 11.8 Å². The molecule has 41 heavy (non-hydrogen) atoms. The van der Waals surface area contributed by atoms with E-state index in [1.54, 1.807) is 37.3 Å². The number of phenols is 1. The molecule has 3 aromatic carbocycles. The molecule has 4 rings (SSSR count). The number of phenolic OH excluding ortho intramolecular Hbond substituents is 1. The van der Waals surface area contributed by atoms with Gasteiger partial charge in [0.1, 0.15) is 11.8 Å². The molecule has 0 aliphatic carbocycles. The molecular weight excluding hydrogens is 540 g/mol. The van der Waals surface area contributed by atoms with Crippen molar-refractivity contribution >= 4 is 35.2 Å². The molecule has 1 saturated heterocycles. The van der Waals surface area contributed by atoms with Crippen LogP contribution in [-0.2, 0) is 22.6 Å². The van der Waals surface area contributed by atoms with Crippen LogP contribution in [0.2, 0.25) is 0 Å². The molecule has 9 nitrogen and oxygen atoms in total. The monoisotopic (exact) mass is 576 g/mol. The third-order valence-corrected chi connectivity index (χ3v) is 8.67. The van der Waals surface area contributed by atoms with E-state index >= 15 is 0 Å². The second-order valence-electron chi connectivity index (χ2n) is 10.7. The predicted molar refractivity (Wildman–Crippen MR) is 160 cm³/mol. The van der Waals surface area contributed by atoms with Crippen molar-refractivity contribution in [3.8, 4) is 5.75 Å². The Morgan fingerprint density at radius 1 is 1.05 bits per heavy atom. The van der Waals surface area contributed by atoms with Gasteiger partial charge in [0, 0.05) is 28.1 Å². The van der Waals surface area contributed by atoms with Gasteiger partial charge in [0.05, 0.1) is 11.9 Å². The maximum absolute atomic E-state index is 13.8. The van der Waals surface area contributed by atoms with Crippen LogP contribution >= 0.6 is 11.8 Å². The number of hydrogen-bond acceptors (Lipinski definition) is 7. The lowest BCUT2D eigenvalue weighted by Crippen LogP contribution is -2.58. The number of benzene rings is 3. The van der Waals surface area contributed by atoms with Gasteiger partial charge in [-0.05, 0) is 62.6 Å². The molecule has 0 bridgehead atoms. The van der Waals surface area contributed by atoms with Crippen molar-refractivity contribution in [3.63, 3.8) is 0 Å². The van der Waals surface area contributed by atoms with Crippen LogP contribution in [0.25, 0.3) is 0 Å². The number of nitrogens with zero attached hydrogens (tertiary/aromatic N) is 1. The molecule has 1 heterocycles. The lowest BCUT2D eigenvalue weighted by atomic mass is 9.96. The minimum atomic E-state index is -1.63. The van der Waals surface area contributed by atoms with E-state index in [4.69, 9.17) is 5.73 Å². The van der Waals surface area contributed by atoms with Gasteiger partial charge in [-0.15, -0.1) is 11.8 Å². The van der Waals surface area contributed by atoms with E-state index in [2.05, 4.69) is 10.6 Å². The summed E-state index contributed by atoms with van der Waals surface area (Å²) in [5.74, 6) is -1.35. The Kier molecular flexibility index (Phi) is 9.25. The number of aromatic hydroxyl groups is 1. The zero-order chi connectivity index (χ0) is 29.7. The van der Waals surface area contributed by atoms with Crippen LogP contribution < -0.4 is 16.4 Å². The fraction of sp³-hybridized carbons (Fsp3) is 0.323. The summed E-state index contributed by atoms with van der Waals surface area (Å²) in [7, 11) is 0. The molecule has 1 aliphatic rings. The Morgan fingerprint density at radius 3 is 2.44 bits per heavy atom. The first-order valence-electron chi connectivity index (χ1n) is 13.4. The number of thioether (sulfide) groups is 1. The first-order valence-corrected chi connectivity index (χ1v) is 14.3. The average Bonchev–Trinajstić information content (AvgIpc) is 3.27. The van der Waals surface area contributed by atoms with Crippen LogP contribution in [0.1, 0.15) is 40.9 Å². The number of aliphatic hydroxyl groups is 1. The van der Waals surface area contributed by atoms with E-state index in [9.17, 15) is 24.6 Å². The fourth-order valence-electron chi connectivity index (χ4n) is 4.97. The first kappa shape index (κ1) is 30.0. The molecular formula is C31H36N4O5S. The number of aliphatic hydroxyl groups excluding tert-OH is 1. The number of amides is 3. The summed E-state index contributed by atoms with van der Waals surface area (Å²) >= 11 is 1.44. The van der Waals surface area contributed by atoms with Crippen molar-refractivity contribution in [3.05, 3.63) is 95.1 Å². The Labute approximate surface area is 244 Å². The molecule has 6 N–H and O–H groups in total. The molecule has 1 aliphatic heterocycles. The predicted octanol–water partition coefficient (Wildman–Crippen LogP) is 2.98. The lowest BCUT2D eigenvalue weighted by Gasteiger charge is -2.33. The maximum atomic E-state index is 13.8. The number of nitrogens with two attached hydrogens (primary N) is 1. The van der Waals surface area contributed by atoms with Crippen molar-refractivity contribution in [1.82, 2.24) is 15.5 Å². The Bertz CT molecular complexity index is 1410. The standard InChI is InChI=1S/C31H36N4O5S/c1-19-23(13-8-14-25(19)36)28(38)34-24(16-20-9-5-4-6-10-20)26(37)30(40)35-18-41-31(2,3)27(35)29(39)33-17-21-11-7-12-22(32)15-21/h4-15,24,26-27,36-37H,16-18,32H2,1-3H3,(H,33,39)(H,34,38). The van der Waals surface area contributed by atoms with Gasteiger partial charge in [-0.3, -0.25) is 14.4 Å². The van der Waals surface area contributed by atoms with Gasteiger partial charge in [-0.2, -0.15) is 0 Å². The minimum Gasteiger partial charge on any atom is -0.508 e. The third kappa shape index (κ3) is 7.01. The Hall–Kier alpha value is -4.02. The SMILES string of the molecule is Cc1c(O)cccc1C(=O)NC(Cc1ccccc1)C(O)C(=O)N1CSC(C)(C)C1C(=O)NCc1cccc(N)c1. The summed E-state index contributed by atoms with van der Waals surface area (Å²) in [5.41, 5.74) is 8.70. The highest BCUT2D eigenvalue weighted by Crippen LogP contribution is 2.40. The van der Waals surface area contributed by atoms with Gasteiger partial charge in [-0.25, -0.2) is 0 Å². The Balaban J connectivity index is 1.55. The molecule has 1 fully saturated rings. The number of nitrogen functional groups attached to an aromatic ring is 1. The second kappa shape index (κ2) is 12.7. The van der Waals surface area contributed by atoms with Gasteiger partial charge >= 0.3 is 0 Å². The first-order chi connectivity index (χ1) is 19.5. The zero-order valence-corrected chi connectivity index (χ0v) is 24.2. The van der Waals surface area contributed by atoms with Gasteiger partial charge in [-0.1, -0.05) is 48.5 Å². The molecule has 0 radical (unpaired) electrons. The van der Waals surface area contributed by atoms with Crippen LogP contribution in [0.4, 0.5) is 5.69 Å². The number of rotatable bonds is 9. The number of carbonyl (C=O) groups excluding carboxylic acids is 3. The summed E-state index contributed by atoms with van der Waals surface area (Å²) < 4.78 is -0.619. The van der Waals surface area contributed by atoms with Crippen molar-refractivity contribution in [2.75, 3.05) is 11.6 Å². The maximum Gasteiger partial charge on any atom is 0.254 e. The highest BCUT2D eigenvalue weighted by Gasteiger charge is 2.49. The van der Waals surface area contributed by atoms with E-state index in [0.29, 0.717) is 11.3 Å². The average molecular weight is 577 g/mol. The van der Waals surface area contributed by atoms with Gasteiger partial charge < -0.3 is 31.5 Å². The summed E-state index contributed by atoms with van der Waals surface area (Å²) in [5, 5.41) is 27.2. The zero-order valence-electron chi connectivity index (χ0n) is 23.3. The van der Waals surface area contributed by atoms with Gasteiger partial charge in [0.2, 0.25) is 5.91 Å². The lowest BCUT2D eigenvalue weighted by molar-refractivity contribution is -0.147. The molecule has 3 aromatic rings. The number of carbonyl (C=O) groups is 3. The van der Waals surface area contributed by atoms with Crippen molar-refractivity contribution in [2.45, 2.75) is 56.7 Å². The van der Waals surface area contributed by atoms with Crippen molar-refractivity contribution < 1.29 is 24.6 Å². The van der Waals surface area contributed by atoms with E-state index in [1.165, 1.54) is 22.7 Å². The Morgan fingerprint density at radius 2 is 1.73 bits per heavy atom. The molecule has 10 heteroatoms. The molecule has 0 spiro atoms. The number of anilines is 1. The van der Waals surface area contributed by atoms with E-state index in [-0.39, 0.29) is 36.1 Å². The normalized spacial score (nSPS) is 17.5. The second-order valence-corrected chi connectivity index (χ2v) is 12.3.